The van der Waals surface area contributed by atoms with Gasteiger partial charge >= 0.3 is 0 Å². The third kappa shape index (κ3) is 16.8. The highest BCUT2D eigenvalue weighted by Gasteiger charge is 2.30. The lowest BCUT2D eigenvalue weighted by molar-refractivity contribution is -0.125. The number of aldehydes is 4. The number of hydrogen-bond acceptors (Lipinski definition) is 16. The number of carbonyl (C=O) groups excluding carboxylic acids is 8. The Bertz CT molecular complexity index is 3740. The molecule has 520 valence electrons. The standard InChI is InChI=1S/C84H88O16/c1-9-49(10-2)77(93)45-97-81-65-25-61(53-17-21-57(41-85)73(89)37-53)26-66(81)34-68-28-63(55-19-23-59(43-87)75(91)39-55)30-70(83(68)99-47-79(95)51(13-5)14-6)36-72-32-64(56-20-24-60(44-88)76(92)40-56)31-71(84(72)100-48-80(96)52(15-7)16-8)35-69-29-62(54-18-22-58(42-86)74(90)38-54)27-67(33-65)82(69)98-46-78(94)50(11-3)12-4/h17-32,37-44,49-52,89-92H,9-16,33-36,45-48H2,1-8H3. The molecule has 0 spiro atoms. The summed E-state index contributed by atoms with van der Waals surface area (Å²) in [5, 5.41) is 45.6. The summed E-state index contributed by atoms with van der Waals surface area (Å²) < 4.78 is 28.1. The largest absolute Gasteiger partial charge is 0.507 e. The van der Waals surface area contributed by atoms with Crippen LogP contribution in [0.25, 0.3) is 44.5 Å². The summed E-state index contributed by atoms with van der Waals surface area (Å²) in [6, 6.07) is 33.7. The molecule has 9 rings (SSSR count). The molecule has 0 fully saturated rings. The van der Waals surface area contributed by atoms with E-state index in [0.29, 0.717) is 166 Å². The first-order valence-corrected chi connectivity index (χ1v) is 34.7. The maximum Gasteiger partial charge on any atom is 0.173 e. The molecule has 0 saturated carbocycles. The molecule has 8 aromatic rings. The molecule has 0 aliphatic heterocycles. The molecule has 8 aromatic carbocycles. The van der Waals surface area contributed by atoms with E-state index < -0.39 is 0 Å². The second-order valence-electron chi connectivity index (χ2n) is 25.8. The number of hydrogen-bond donors (Lipinski definition) is 4. The van der Waals surface area contributed by atoms with Crippen LogP contribution in [0.15, 0.2) is 121 Å². The first-order chi connectivity index (χ1) is 48.3. The normalized spacial score (nSPS) is 12.0. The molecule has 0 radical (unpaired) electrons. The first kappa shape index (κ1) is 73.8. The van der Waals surface area contributed by atoms with Crippen molar-refractivity contribution in [3.05, 3.63) is 188 Å². The predicted molar refractivity (Wildman–Crippen MR) is 385 cm³/mol. The lowest BCUT2D eigenvalue weighted by atomic mass is 9.86. The Balaban J connectivity index is 1.50. The Kier molecular flexibility index (Phi) is 25.0. The zero-order valence-electron chi connectivity index (χ0n) is 58.2. The highest BCUT2D eigenvalue weighted by Crippen LogP contribution is 2.46. The first-order valence-electron chi connectivity index (χ1n) is 34.7. The van der Waals surface area contributed by atoms with Crippen molar-refractivity contribution in [1.29, 1.82) is 0 Å². The van der Waals surface area contributed by atoms with E-state index in [1.54, 1.807) is 24.3 Å². The number of Topliss-reactive ketones (excluding diaryl/α,β-unsaturated/α-hetero) is 4. The SMILES string of the molecule is CCC(CC)C(=O)COc1c2cc(-c3ccc(C=O)c(O)c3)cc1Cc1cc(-c3ccc(C=O)c(O)c3)cc(c1OCC(=O)C(CC)CC)Cc1cc(-c3ccc(C=O)c(O)c3)cc(c1OCC(=O)C(CC)CC)Cc1cc(-c3ccc(C=O)c(O)c3)cc(c1OCC(=O)C(CC)CC)C2. The van der Waals surface area contributed by atoms with Gasteiger partial charge in [0, 0.05) is 49.4 Å². The Morgan fingerprint density at radius 3 is 0.600 bits per heavy atom. The smallest absolute Gasteiger partial charge is 0.173 e. The van der Waals surface area contributed by atoms with Crippen LogP contribution in [-0.2, 0) is 44.9 Å². The lowest BCUT2D eigenvalue weighted by Crippen LogP contribution is -2.22. The van der Waals surface area contributed by atoms with E-state index in [0.717, 1.165) is 0 Å². The number of fused-ring (bicyclic) bond motifs is 8. The topological polar surface area (TPSA) is 254 Å². The fourth-order valence-electron chi connectivity index (χ4n) is 13.6. The Labute approximate surface area is 584 Å². The highest BCUT2D eigenvalue weighted by molar-refractivity contribution is 5.88. The van der Waals surface area contributed by atoms with Crippen molar-refractivity contribution in [3.8, 4) is 90.5 Å². The average molecular weight is 1350 g/mol. The summed E-state index contributed by atoms with van der Waals surface area (Å²) >= 11 is 0. The van der Waals surface area contributed by atoms with Crippen molar-refractivity contribution in [1.82, 2.24) is 0 Å². The quantitative estimate of drug-likeness (QED) is 0.0286. The molecule has 100 heavy (non-hydrogen) atoms. The highest BCUT2D eigenvalue weighted by atomic mass is 16.5. The van der Waals surface area contributed by atoms with Crippen LogP contribution >= 0.6 is 0 Å². The van der Waals surface area contributed by atoms with Crippen molar-refractivity contribution in [3.63, 3.8) is 0 Å². The minimum atomic E-state index is -0.364. The summed E-state index contributed by atoms with van der Waals surface area (Å²) in [4.78, 5) is 107. The van der Waals surface area contributed by atoms with Gasteiger partial charge in [-0.3, -0.25) is 38.4 Å². The minimum Gasteiger partial charge on any atom is -0.507 e. The Morgan fingerprint density at radius 2 is 0.460 bits per heavy atom. The van der Waals surface area contributed by atoms with E-state index in [9.17, 15) is 58.8 Å². The van der Waals surface area contributed by atoms with Gasteiger partial charge < -0.3 is 39.4 Å². The minimum absolute atomic E-state index is 0.0465. The van der Waals surface area contributed by atoms with Crippen LogP contribution in [0.4, 0.5) is 0 Å². The molecule has 0 atom stereocenters. The number of phenols is 4. The van der Waals surface area contributed by atoms with Crippen LogP contribution in [0.2, 0.25) is 0 Å². The molecule has 0 unspecified atom stereocenters. The molecule has 1 aliphatic rings. The van der Waals surface area contributed by atoms with Gasteiger partial charge in [-0.1, -0.05) is 79.7 Å². The number of ketones is 4. The number of aromatic hydroxyl groups is 4. The summed E-state index contributed by atoms with van der Waals surface area (Å²) in [5.74, 6) is -2.10. The van der Waals surface area contributed by atoms with Gasteiger partial charge in [0.05, 0.1) is 22.3 Å². The molecule has 4 N–H and O–H groups in total. The van der Waals surface area contributed by atoms with E-state index >= 15 is 0 Å². The molecule has 0 heterocycles. The number of rotatable bonds is 32. The van der Waals surface area contributed by atoms with Crippen LogP contribution in [0, 0.1) is 23.7 Å². The van der Waals surface area contributed by atoms with Gasteiger partial charge in [-0.2, -0.15) is 0 Å². The third-order valence-electron chi connectivity index (χ3n) is 19.7. The number of phenolic OH excluding ortho intramolecular Hbond substituents is 4. The van der Waals surface area contributed by atoms with Gasteiger partial charge in [0.15, 0.2) is 48.3 Å². The number of benzene rings is 8. The fourth-order valence-corrected chi connectivity index (χ4v) is 13.6. The molecule has 1 aliphatic carbocycles. The van der Waals surface area contributed by atoms with Crippen LogP contribution in [0.3, 0.4) is 0 Å². The number of carbonyl (C=O) groups is 8. The van der Waals surface area contributed by atoms with Gasteiger partial charge in [0.25, 0.3) is 0 Å². The zero-order chi connectivity index (χ0) is 71.9. The third-order valence-corrected chi connectivity index (χ3v) is 19.7. The van der Waals surface area contributed by atoms with Gasteiger partial charge in [-0.25, -0.2) is 0 Å². The van der Waals surface area contributed by atoms with E-state index in [4.69, 9.17) is 18.9 Å². The second kappa shape index (κ2) is 33.9. The van der Waals surface area contributed by atoms with Crippen LogP contribution < -0.4 is 18.9 Å². The maximum absolute atomic E-state index is 14.5. The molecule has 0 amide bonds. The molecule has 16 heteroatoms. The van der Waals surface area contributed by atoms with Crippen LogP contribution in [-0.4, -0.2) is 95.1 Å². The van der Waals surface area contributed by atoms with E-state index in [1.807, 2.05) is 104 Å². The van der Waals surface area contributed by atoms with Gasteiger partial charge in [-0.15, -0.1) is 0 Å². The van der Waals surface area contributed by atoms with Crippen molar-refractivity contribution in [2.75, 3.05) is 26.4 Å². The van der Waals surface area contributed by atoms with Gasteiger partial charge in [-0.05, 0) is 237 Å². The van der Waals surface area contributed by atoms with Crippen molar-refractivity contribution in [2.45, 2.75) is 132 Å². The second-order valence-corrected chi connectivity index (χ2v) is 25.8. The van der Waals surface area contributed by atoms with E-state index in [-0.39, 0.29) is 167 Å². The van der Waals surface area contributed by atoms with Crippen molar-refractivity contribution in [2.24, 2.45) is 23.7 Å². The van der Waals surface area contributed by atoms with Gasteiger partial charge in [0.2, 0.25) is 0 Å². The molecular formula is C84H88O16. The summed E-state index contributed by atoms with van der Waals surface area (Å²) in [5.41, 5.74) is 8.13. The van der Waals surface area contributed by atoms with Crippen LogP contribution in [0.1, 0.15) is 193 Å². The van der Waals surface area contributed by atoms with Crippen molar-refractivity contribution < 1.29 is 77.7 Å². The summed E-state index contributed by atoms with van der Waals surface area (Å²) in [6.07, 6.45) is 6.28. The van der Waals surface area contributed by atoms with Gasteiger partial charge in [0.1, 0.15) is 72.4 Å². The molecule has 8 bridgehead atoms. The zero-order valence-corrected chi connectivity index (χ0v) is 58.2. The van der Waals surface area contributed by atoms with Crippen molar-refractivity contribution >= 4 is 48.3 Å². The summed E-state index contributed by atoms with van der Waals surface area (Å²) in [6.45, 7) is 14.0. The maximum atomic E-state index is 14.5. The molecular weight excluding hydrogens is 1260 g/mol. The fraction of sp³-hybridized carbons (Fsp3) is 0.333. The molecule has 0 aromatic heterocycles. The molecule has 0 saturated heterocycles. The predicted octanol–water partition coefficient (Wildman–Crippen LogP) is 16.6. The molecule has 16 nitrogen and oxygen atoms in total. The average Bonchev–Trinajstić information content (AvgIpc) is 0.763. The monoisotopic (exact) mass is 1350 g/mol. The Morgan fingerprint density at radius 1 is 0.290 bits per heavy atom. The Hall–Kier alpha value is -10.5. The number of ether oxygens (including phenoxy) is 4. The van der Waals surface area contributed by atoms with E-state index in [2.05, 4.69) is 0 Å². The van der Waals surface area contributed by atoms with Crippen LogP contribution in [0.5, 0.6) is 46.0 Å². The van der Waals surface area contributed by atoms with E-state index in [1.165, 1.54) is 48.5 Å². The lowest BCUT2D eigenvalue weighted by Gasteiger charge is -2.25. The summed E-state index contributed by atoms with van der Waals surface area (Å²) in [7, 11) is 0.